The standard InChI is InChI=1S/C21H19N3O4S/c1-13(19(26)22-16-10-8-15(9-11-16)20(27)28-2)29-21-23-17(12-18(25)24-21)14-6-4-3-5-7-14/h3-13H,1-2H3,(H,22,26)(H,23,24,25)/t13-/m1/s1. The molecular formula is C21H19N3O4S. The average Bonchev–Trinajstić information content (AvgIpc) is 2.74. The molecule has 2 N–H and O–H groups in total. The number of benzene rings is 2. The molecule has 29 heavy (non-hydrogen) atoms. The van der Waals surface area contributed by atoms with Crippen LogP contribution in [0.25, 0.3) is 11.3 Å². The summed E-state index contributed by atoms with van der Waals surface area (Å²) in [6, 6.07) is 17.2. The average molecular weight is 409 g/mol. The second-order valence-electron chi connectivity index (χ2n) is 6.12. The molecule has 1 heterocycles. The quantitative estimate of drug-likeness (QED) is 0.368. The van der Waals surface area contributed by atoms with Gasteiger partial charge in [0.2, 0.25) is 5.91 Å². The maximum Gasteiger partial charge on any atom is 0.337 e. The van der Waals surface area contributed by atoms with Crippen molar-refractivity contribution in [2.24, 2.45) is 0 Å². The fourth-order valence-corrected chi connectivity index (χ4v) is 3.33. The Morgan fingerprint density at radius 2 is 1.79 bits per heavy atom. The van der Waals surface area contributed by atoms with Crippen LogP contribution in [0.15, 0.2) is 70.6 Å². The molecule has 0 aliphatic rings. The number of H-pyrrole nitrogens is 1. The summed E-state index contributed by atoms with van der Waals surface area (Å²) in [6.07, 6.45) is 0. The topological polar surface area (TPSA) is 101 Å². The molecule has 0 saturated carbocycles. The SMILES string of the molecule is COC(=O)c1ccc(NC(=O)[C@@H](C)Sc2nc(-c3ccccc3)cc(=O)[nH]2)cc1. The maximum atomic E-state index is 12.5. The molecule has 0 aliphatic heterocycles. The zero-order chi connectivity index (χ0) is 20.8. The van der Waals surface area contributed by atoms with Crippen LogP contribution in [-0.2, 0) is 9.53 Å². The van der Waals surface area contributed by atoms with E-state index >= 15 is 0 Å². The van der Waals surface area contributed by atoms with E-state index in [0.29, 0.717) is 22.1 Å². The number of amides is 1. The number of anilines is 1. The number of hydrogen-bond donors (Lipinski definition) is 2. The summed E-state index contributed by atoms with van der Waals surface area (Å²) >= 11 is 1.15. The fourth-order valence-electron chi connectivity index (χ4n) is 2.52. The third kappa shape index (κ3) is 5.32. The molecular weight excluding hydrogens is 390 g/mol. The molecule has 0 aliphatic carbocycles. The first-order valence-corrected chi connectivity index (χ1v) is 9.67. The van der Waals surface area contributed by atoms with Gasteiger partial charge in [-0.15, -0.1) is 0 Å². The molecule has 0 unspecified atom stereocenters. The molecule has 0 bridgehead atoms. The molecule has 2 aromatic carbocycles. The van der Waals surface area contributed by atoms with Gasteiger partial charge in [0.25, 0.3) is 5.56 Å². The van der Waals surface area contributed by atoms with Crippen LogP contribution in [0.4, 0.5) is 5.69 Å². The lowest BCUT2D eigenvalue weighted by molar-refractivity contribution is -0.115. The van der Waals surface area contributed by atoms with E-state index < -0.39 is 11.2 Å². The Morgan fingerprint density at radius 3 is 2.45 bits per heavy atom. The molecule has 148 valence electrons. The van der Waals surface area contributed by atoms with Crippen molar-refractivity contribution in [3.05, 3.63) is 76.6 Å². The first-order valence-electron chi connectivity index (χ1n) is 8.79. The van der Waals surface area contributed by atoms with Gasteiger partial charge in [0.15, 0.2) is 5.16 Å². The minimum atomic E-state index is -0.510. The molecule has 3 rings (SSSR count). The lowest BCUT2D eigenvalue weighted by Gasteiger charge is -2.12. The van der Waals surface area contributed by atoms with Crippen LogP contribution in [0.5, 0.6) is 0 Å². The largest absolute Gasteiger partial charge is 0.465 e. The number of ether oxygens (including phenoxy) is 1. The van der Waals surface area contributed by atoms with Crippen LogP contribution in [0.3, 0.4) is 0 Å². The maximum absolute atomic E-state index is 12.5. The number of nitrogens with one attached hydrogen (secondary N) is 2. The van der Waals surface area contributed by atoms with E-state index in [1.54, 1.807) is 31.2 Å². The number of esters is 1. The summed E-state index contributed by atoms with van der Waals surface area (Å²) in [4.78, 5) is 43.1. The smallest absolute Gasteiger partial charge is 0.337 e. The second kappa shape index (κ2) is 9.20. The zero-order valence-corrected chi connectivity index (χ0v) is 16.7. The molecule has 0 saturated heterocycles. The monoisotopic (exact) mass is 409 g/mol. The van der Waals surface area contributed by atoms with Crippen molar-refractivity contribution in [3.63, 3.8) is 0 Å². The molecule has 1 aromatic heterocycles. The van der Waals surface area contributed by atoms with Gasteiger partial charge in [-0.2, -0.15) is 0 Å². The van der Waals surface area contributed by atoms with Gasteiger partial charge in [0.05, 0.1) is 23.6 Å². The lowest BCUT2D eigenvalue weighted by atomic mass is 10.1. The van der Waals surface area contributed by atoms with E-state index in [1.807, 2.05) is 30.3 Å². The van der Waals surface area contributed by atoms with E-state index in [0.717, 1.165) is 17.3 Å². The Balaban J connectivity index is 1.69. The van der Waals surface area contributed by atoms with Crippen LogP contribution in [0.1, 0.15) is 17.3 Å². The number of carbonyl (C=O) groups excluding carboxylic acids is 2. The van der Waals surface area contributed by atoms with Gasteiger partial charge in [-0.05, 0) is 31.2 Å². The summed E-state index contributed by atoms with van der Waals surface area (Å²) in [7, 11) is 1.31. The number of carbonyl (C=O) groups is 2. The highest BCUT2D eigenvalue weighted by atomic mass is 32.2. The van der Waals surface area contributed by atoms with Crippen LogP contribution in [0, 0.1) is 0 Å². The number of thioether (sulfide) groups is 1. The van der Waals surface area contributed by atoms with Crippen molar-refractivity contribution in [3.8, 4) is 11.3 Å². The first-order chi connectivity index (χ1) is 14.0. The number of methoxy groups -OCH3 is 1. The van der Waals surface area contributed by atoms with Crippen molar-refractivity contribution < 1.29 is 14.3 Å². The highest BCUT2D eigenvalue weighted by Crippen LogP contribution is 2.23. The van der Waals surface area contributed by atoms with Crippen LogP contribution in [0.2, 0.25) is 0 Å². The molecule has 1 atom stereocenters. The van der Waals surface area contributed by atoms with Gasteiger partial charge in [-0.25, -0.2) is 9.78 Å². The number of nitrogens with zero attached hydrogens (tertiary/aromatic N) is 1. The lowest BCUT2D eigenvalue weighted by Crippen LogP contribution is -2.23. The number of hydrogen-bond acceptors (Lipinski definition) is 6. The van der Waals surface area contributed by atoms with E-state index in [9.17, 15) is 14.4 Å². The van der Waals surface area contributed by atoms with Crippen LogP contribution < -0.4 is 10.9 Å². The summed E-state index contributed by atoms with van der Waals surface area (Å²) in [6.45, 7) is 1.72. The Morgan fingerprint density at radius 1 is 1.10 bits per heavy atom. The number of aromatic nitrogens is 2. The van der Waals surface area contributed by atoms with Crippen molar-refractivity contribution in [1.29, 1.82) is 0 Å². The zero-order valence-electron chi connectivity index (χ0n) is 15.8. The van der Waals surface area contributed by atoms with Crippen LogP contribution in [-0.4, -0.2) is 34.2 Å². The van der Waals surface area contributed by atoms with E-state index in [4.69, 9.17) is 0 Å². The van der Waals surface area contributed by atoms with Gasteiger partial charge in [0.1, 0.15) is 0 Å². The fraction of sp³-hybridized carbons (Fsp3) is 0.143. The van der Waals surface area contributed by atoms with Gasteiger partial charge in [0, 0.05) is 17.3 Å². The molecule has 8 heteroatoms. The highest BCUT2D eigenvalue weighted by Gasteiger charge is 2.17. The van der Waals surface area contributed by atoms with E-state index in [1.165, 1.54) is 13.2 Å². The predicted octanol–water partition coefficient (Wildman–Crippen LogP) is 3.34. The van der Waals surface area contributed by atoms with Gasteiger partial charge in [-0.1, -0.05) is 42.1 Å². The molecule has 1 amide bonds. The Hall–Kier alpha value is -3.39. The number of rotatable bonds is 6. The minimum absolute atomic E-state index is 0.256. The van der Waals surface area contributed by atoms with Crippen LogP contribution >= 0.6 is 11.8 Å². The summed E-state index contributed by atoms with van der Waals surface area (Å²) < 4.78 is 4.65. The Bertz CT molecular complexity index is 1070. The summed E-state index contributed by atoms with van der Waals surface area (Å²) in [5.74, 6) is -0.700. The Kier molecular flexibility index (Phi) is 6.46. The summed E-state index contributed by atoms with van der Waals surface area (Å²) in [5.41, 5.74) is 2.03. The van der Waals surface area contributed by atoms with E-state index in [-0.39, 0.29) is 11.5 Å². The normalized spacial score (nSPS) is 11.5. The second-order valence-corrected chi connectivity index (χ2v) is 7.45. The first kappa shape index (κ1) is 20.3. The van der Waals surface area contributed by atoms with Crippen molar-refractivity contribution in [2.75, 3.05) is 12.4 Å². The third-order valence-corrected chi connectivity index (χ3v) is 5.00. The van der Waals surface area contributed by atoms with Gasteiger partial charge >= 0.3 is 5.97 Å². The summed E-state index contributed by atoms with van der Waals surface area (Å²) in [5, 5.41) is 2.63. The third-order valence-electron chi connectivity index (χ3n) is 4.02. The van der Waals surface area contributed by atoms with Gasteiger partial charge in [-0.3, -0.25) is 9.59 Å². The van der Waals surface area contributed by atoms with Gasteiger partial charge < -0.3 is 15.0 Å². The predicted molar refractivity (Wildman–Crippen MR) is 112 cm³/mol. The molecule has 0 spiro atoms. The van der Waals surface area contributed by atoms with E-state index in [2.05, 4.69) is 20.0 Å². The van der Waals surface area contributed by atoms with Crippen molar-refractivity contribution in [2.45, 2.75) is 17.3 Å². The molecule has 0 radical (unpaired) electrons. The number of aromatic amines is 1. The minimum Gasteiger partial charge on any atom is -0.465 e. The van der Waals surface area contributed by atoms with Crippen molar-refractivity contribution in [1.82, 2.24) is 9.97 Å². The van der Waals surface area contributed by atoms with Crippen molar-refractivity contribution >= 4 is 29.3 Å². The Labute approximate surface area is 171 Å². The molecule has 7 nitrogen and oxygen atoms in total. The molecule has 0 fully saturated rings. The molecule has 3 aromatic rings. The highest BCUT2D eigenvalue weighted by molar-refractivity contribution is 8.00.